The van der Waals surface area contributed by atoms with E-state index in [4.69, 9.17) is 15.7 Å². The number of nitrogens with zero attached hydrogens (tertiary/aromatic N) is 3. The topological polar surface area (TPSA) is 80.2 Å². The van der Waals surface area contributed by atoms with Gasteiger partial charge < -0.3 is 5.21 Å². The summed E-state index contributed by atoms with van der Waals surface area (Å²) in [5.74, 6) is 0.243. The molecule has 1 N–H and O–H groups in total. The average molecular weight is 175 g/mol. The van der Waals surface area contributed by atoms with Crippen molar-refractivity contribution in [2.45, 2.75) is 19.3 Å². The molecular formula is C9H9N3O. The fourth-order valence-electron chi connectivity index (χ4n) is 2.61. The second-order valence-electron chi connectivity index (χ2n) is 3.85. The zero-order valence-electron chi connectivity index (χ0n) is 7.06. The Morgan fingerprint density at radius 2 is 2.15 bits per heavy atom. The highest BCUT2D eigenvalue weighted by molar-refractivity contribution is 5.91. The van der Waals surface area contributed by atoms with E-state index < -0.39 is 5.41 Å². The van der Waals surface area contributed by atoms with E-state index in [2.05, 4.69) is 17.3 Å². The number of hydrogen-bond donors (Lipinski definition) is 1. The molecule has 0 heterocycles. The van der Waals surface area contributed by atoms with Gasteiger partial charge in [-0.1, -0.05) is 5.16 Å². The second kappa shape index (κ2) is 2.47. The van der Waals surface area contributed by atoms with Crippen LogP contribution in [0.25, 0.3) is 0 Å². The number of nitriles is 2. The zero-order valence-corrected chi connectivity index (χ0v) is 7.06. The quantitative estimate of drug-likeness (QED) is 0.444. The summed E-state index contributed by atoms with van der Waals surface area (Å²) < 4.78 is 0. The molecule has 0 amide bonds. The summed E-state index contributed by atoms with van der Waals surface area (Å²) in [5.41, 5.74) is -0.274. The monoisotopic (exact) mass is 175 g/mol. The summed E-state index contributed by atoms with van der Waals surface area (Å²) in [7, 11) is 0. The van der Waals surface area contributed by atoms with Gasteiger partial charge in [0.05, 0.1) is 17.9 Å². The molecule has 0 aromatic carbocycles. The number of hydrogen-bond acceptors (Lipinski definition) is 4. The van der Waals surface area contributed by atoms with Gasteiger partial charge >= 0.3 is 0 Å². The summed E-state index contributed by atoms with van der Waals surface area (Å²) >= 11 is 0. The molecule has 0 aliphatic heterocycles. The fourth-order valence-corrected chi connectivity index (χ4v) is 2.61. The molecule has 2 fully saturated rings. The van der Waals surface area contributed by atoms with Crippen molar-refractivity contribution >= 4 is 5.71 Å². The lowest BCUT2D eigenvalue weighted by Crippen LogP contribution is -2.30. The smallest absolute Gasteiger partial charge is 0.152 e. The lowest BCUT2D eigenvalue weighted by atomic mass is 9.74. The van der Waals surface area contributed by atoms with Gasteiger partial charge in [-0.2, -0.15) is 10.5 Å². The lowest BCUT2D eigenvalue weighted by molar-refractivity contribution is 0.306. The van der Waals surface area contributed by atoms with Gasteiger partial charge in [0.1, 0.15) is 0 Å². The minimum absolute atomic E-state index is 0.127. The highest BCUT2D eigenvalue weighted by atomic mass is 16.4. The second-order valence-corrected chi connectivity index (χ2v) is 3.85. The maximum atomic E-state index is 8.94. The maximum absolute atomic E-state index is 8.94. The third kappa shape index (κ3) is 0.860. The fraction of sp³-hybridized carbons (Fsp3) is 0.667. The van der Waals surface area contributed by atoms with Crippen molar-refractivity contribution in [1.29, 1.82) is 10.5 Å². The molecule has 13 heavy (non-hydrogen) atoms. The van der Waals surface area contributed by atoms with E-state index in [1.54, 1.807) is 0 Å². The molecule has 0 saturated heterocycles. The molecule has 2 saturated carbocycles. The van der Waals surface area contributed by atoms with Crippen molar-refractivity contribution in [3.8, 4) is 12.1 Å². The van der Waals surface area contributed by atoms with Crippen LogP contribution < -0.4 is 0 Å². The van der Waals surface area contributed by atoms with E-state index in [0.717, 1.165) is 12.8 Å². The molecule has 2 unspecified atom stereocenters. The number of fused-ring (bicyclic) bond motifs is 2. The van der Waals surface area contributed by atoms with Crippen LogP contribution in [-0.2, 0) is 0 Å². The molecule has 0 spiro atoms. The first-order valence-corrected chi connectivity index (χ1v) is 4.29. The number of oxime groups is 1. The minimum atomic E-state index is -0.912. The molecule has 2 bridgehead atoms. The van der Waals surface area contributed by atoms with Crippen LogP contribution in [0.4, 0.5) is 0 Å². The summed E-state index contributed by atoms with van der Waals surface area (Å²) in [5, 5.41) is 29.7. The van der Waals surface area contributed by atoms with Crippen LogP contribution in [0.5, 0.6) is 0 Å². The van der Waals surface area contributed by atoms with E-state index in [9.17, 15) is 0 Å². The Hall–Kier alpha value is -1.55. The zero-order chi connectivity index (χ0) is 9.47. The normalized spacial score (nSPS) is 37.2. The van der Waals surface area contributed by atoms with Crippen LogP contribution in [0.3, 0.4) is 0 Å². The first-order chi connectivity index (χ1) is 6.25. The number of rotatable bonds is 0. The van der Waals surface area contributed by atoms with Crippen molar-refractivity contribution in [2.75, 3.05) is 0 Å². The van der Waals surface area contributed by atoms with Gasteiger partial charge in [0.2, 0.25) is 0 Å². The standard InChI is InChI=1S/C9H9N3O/c10-4-9(5-11)3-6-1-7(9)8(2-6)12-13/h6-7,13H,1-3H2/b12-8+. The summed E-state index contributed by atoms with van der Waals surface area (Å²) in [6.45, 7) is 0. The van der Waals surface area contributed by atoms with Crippen LogP contribution in [0.2, 0.25) is 0 Å². The maximum Gasteiger partial charge on any atom is 0.152 e. The largest absolute Gasteiger partial charge is 0.411 e. The molecule has 2 aliphatic rings. The van der Waals surface area contributed by atoms with Crippen molar-refractivity contribution in [2.24, 2.45) is 22.4 Å². The van der Waals surface area contributed by atoms with Crippen LogP contribution in [0.1, 0.15) is 19.3 Å². The molecular weight excluding hydrogens is 166 g/mol. The molecule has 2 aliphatic carbocycles. The molecule has 0 aromatic heterocycles. The molecule has 0 radical (unpaired) electrons. The summed E-state index contributed by atoms with van der Waals surface area (Å²) in [4.78, 5) is 0. The molecule has 4 heteroatoms. The van der Waals surface area contributed by atoms with Crippen molar-refractivity contribution in [3.63, 3.8) is 0 Å². The molecule has 0 aromatic rings. The van der Waals surface area contributed by atoms with Gasteiger partial charge in [0.15, 0.2) is 5.41 Å². The van der Waals surface area contributed by atoms with Crippen LogP contribution in [-0.4, -0.2) is 10.9 Å². The van der Waals surface area contributed by atoms with E-state index in [1.807, 2.05) is 0 Å². The van der Waals surface area contributed by atoms with Gasteiger partial charge in [-0.3, -0.25) is 0 Å². The van der Waals surface area contributed by atoms with Crippen LogP contribution >= 0.6 is 0 Å². The minimum Gasteiger partial charge on any atom is -0.411 e. The van der Waals surface area contributed by atoms with Crippen LogP contribution in [0, 0.1) is 39.9 Å². The van der Waals surface area contributed by atoms with Gasteiger partial charge in [-0.05, 0) is 25.2 Å². The van der Waals surface area contributed by atoms with Gasteiger partial charge in [0.25, 0.3) is 0 Å². The van der Waals surface area contributed by atoms with Gasteiger partial charge in [0, 0.05) is 5.92 Å². The average Bonchev–Trinajstić information content (AvgIpc) is 2.73. The first kappa shape index (κ1) is 8.07. The SMILES string of the molecule is N#CC1(C#N)CC2C/C(=N\O)C1C2. The highest BCUT2D eigenvalue weighted by Gasteiger charge is 2.55. The Morgan fingerprint density at radius 3 is 2.62 bits per heavy atom. The van der Waals surface area contributed by atoms with E-state index in [-0.39, 0.29) is 5.92 Å². The molecule has 4 nitrogen and oxygen atoms in total. The van der Waals surface area contributed by atoms with Crippen LogP contribution in [0.15, 0.2) is 5.16 Å². The molecule has 2 rings (SSSR count). The Morgan fingerprint density at radius 1 is 1.46 bits per heavy atom. The lowest BCUT2D eigenvalue weighted by Gasteiger charge is -2.23. The van der Waals surface area contributed by atoms with Crippen molar-refractivity contribution in [1.82, 2.24) is 0 Å². The predicted octanol–water partition coefficient (Wildman–Crippen LogP) is 1.28. The highest BCUT2D eigenvalue weighted by Crippen LogP contribution is 2.53. The third-order valence-corrected chi connectivity index (χ3v) is 3.20. The van der Waals surface area contributed by atoms with Crippen molar-refractivity contribution < 1.29 is 5.21 Å². The van der Waals surface area contributed by atoms with Crippen molar-refractivity contribution in [3.05, 3.63) is 0 Å². The molecule has 66 valence electrons. The van der Waals surface area contributed by atoms with E-state index in [0.29, 0.717) is 18.1 Å². The van der Waals surface area contributed by atoms with Gasteiger partial charge in [-0.15, -0.1) is 0 Å². The summed E-state index contributed by atoms with van der Waals surface area (Å²) in [6.07, 6.45) is 2.23. The van der Waals surface area contributed by atoms with E-state index >= 15 is 0 Å². The molecule has 2 atom stereocenters. The Balaban J connectivity index is 2.40. The van der Waals surface area contributed by atoms with Gasteiger partial charge in [-0.25, -0.2) is 0 Å². The summed E-state index contributed by atoms with van der Waals surface area (Å²) in [6, 6.07) is 4.14. The predicted molar refractivity (Wildman–Crippen MR) is 43.7 cm³/mol. The Bertz CT molecular complexity index is 333. The Labute approximate surface area is 76.1 Å². The third-order valence-electron chi connectivity index (χ3n) is 3.20. The van der Waals surface area contributed by atoms with E-state index in [1.165, 1.54) is 0 Å². The Kier molecular flexibility index (Phi) is 1.53. The first-order valence-electron chi connectivity index (χ1n) is 4.29.